The quantitative estimate of drug-likeness (QED) is 0.0588. The molecule has 368 valence electrons. The van der Waals surface area contributed by atoms with Crippen molar-refractivity contribution in [3.63, 3.8) is 0 Å². The summed E-state index contributed by atoms with van der Waals surface area (Å²) >= 11 is 15.1. The van der Waals surface area contributed by atoms with Gasteiger partial charge in [0.15, 0.2) is 0 Å². The van der Waals surface area contributed by atoms with Gasteiger partial charge in [-0.2, -0.15) is 0 Å². The van der Waals surface area contributed by atoms with Crippen LogP contribution >= 0.6 is 34.8 Å². The van der Waals surface area contributed by atoms with Crippen molar-refractivity contribution in [3.8, 4) is 44.8 Å². The van der Waals surface area contributed by atoms with Gasteiger partial charge >= 0.3 is 0 Å². The fraction of sp³-hybridized carbons (Fsp3) is 0.170. The standard InChI is InChI=1S/C26H23FN6O.C22H12ClFN4O.C4H12N2.CH2Cl2/c1-14(28)15(2)32-26(34)17-7-5-16(6-8-17)23-20(27)12-31-25-24(23)19-10-21(30-13-22(19)33-25)18-4-3-9-29-11-18;23-21(29)13-5-3-12(4-6-13)19-16(24)10-27-22-20(19)15-8-17(26-11-18(15)28-22)14-2-1-7-25-9-14;1-3(5)4(2)6;2-1-3/h3-15H,28H2,1-2H3,(H,31,33)(H,32,34);1-11H,(H,27,28);3-4H,5-6H2,1-2H3;1H2/t;;3-,4-;/m..1./s1. The number of hydrogen-bond acceptors (Lipinski definition) is 11. The van der Waals surface area contributed by atoms with Crippen molar-refractivity contribution in [1.82, 2.24) is 45.2 Å². The first-order valence-corrected chi connectivity index (χ1v) is 23.9. The molecule has 2 unspecified atom stereocenters. The number of carbonyl (C=O) groups excluding carboxylic acids is 2. The Labute approximate surface area is 427 Å². The average Bonchev–Trinajstić information content (AvgIpc) is 3.95. The Kier molecular flexibility index (Phi) is 17.3. The first-order chi connectivity index (χ1) is 34.6. The summed E-state index contributed by atoms with van der Waals surface area (Å²) in [5.41, 5.74) is 25.2. The molecule has 8 heterocycles. The highest BCUT2D eigenvalue weighted by atomic mass is 35.5. The van der Waals surface area contributed by atoms with Gasteiger partial charge in [0.1, 0.15) is 22.9 Å². The number of aromatic amines is 2. The third kappa shape index (κ3) is 12.1. The summed E-state index contributed by atoms with van der Waals surface area (Å²) in [5, 5.41) is 5.42. The van der Waals surface area contributed by atoms with Crippen molar-refractivity contribution in [2.24, 2.45) is 17.2 Å². The van der Waals surface area contributed by atoms with E-state index in [1.54, 1.807) is 85.7 Å². The van der Waals surface area contributed by atoms with E-state index in [-0.39, 0.29) is 35.4 Å². The smallest absolute Gasteiger partial charge is 0.252 e. The summed E-state index contributed by atoms with van der Waals surface area (Å²) in [6, 6.07) is 24.6. The lowest BCUT2D eigenvalue weighted by Crippen LogP contribution is -2.43. The van der Waals surface area contributed by atoms with E-state index < -0.39 is 16.9 Å². The highest BCUT2D eigenvalue weighted by Crippen LogP contribution is 2.38. The Morgan fingerprint density at radius 1 is 0.583 bits per heavy atom. The molecule has 0 radical (unpaired) electrons. The second-order valence-corrected chi connectivity index (χ2v) is 17.9. The molecule has 72 heavy (non-hydrogen) atoms. The van der Waals surface area contributed by atoms with Crippen LogP contribution in [-0.2, 0) is 0 Å². The number of aromatic nitrogens is 8. The van der Waals surface area contributed by atoms with E-state index in [1.165, 1.54) is 12.4 Å². The average molecular weight is 1030 g/mol. The molecular weight excluding hydrogens is 981 g/mol. The van der Waals surface area contributed by atoms with Crippen molar-refractivity contribution in [2.75, 3.05) is 5.34 Å². The van der Waals surface area contributed by atoms with E-state index in [4.69, 9.17) is 52.0 Å². The number of benzene rings is 2. The predicted molar refractivity (Wildman–Crippen MR) is 285 cm³/mol. The molecule has 0 saturated heterocycles. The van der Waals surface area contributed by atoms with Crippen molar-refractivity contribution in [3.05, 3.63) is 157 Å². The van der Waals surface area contributed by atoms with Gasteiger partial charge in [-0.05, 0) is 111 Å². The molecular formula is C53H49Cl3F2N12O2. The molecule has 10 rings (SSSR count). The Morgan fingerprint density at radius 3 is 1.36 bits per heavy atom. The fourth-order valence-corrected chi connectivity index (χ4v) is 7.48. The Balaban J connectivity index is 0.000000183. The number of alkyl halides is 2. The van der Waals surface area contributed by atoms with Crippen molar-refractivity contribution in [1.29, 1.82) is 0 Å². The number of rotatable bonds is 9. The van der Waals surface area contributed by atoms with Crippen molar-refractivity contribution in [2.45, 2.75) is 51.9 Å². The molecule has 0 saturated carbocycles. The van der Waals surface area contributed by atoms with E-state index >= 15 is 4.39 Å². The number of hydrogen-bond donors (Lipinski definition) is 6. The van der Waals surface area contributed by atoms with Gasteiger partial charge in [0, 0.05) is 104 Å². The Bertz CT molecular complexity index is 3460. The molecule has 0 aliphatic heterocycles. The van der Waals surface area contributed by atoms with Gasteiger partial charge in [-0.15, -0.1) is 23.2 Å². The van der Waals surface area contributed by atoms with Gasteiger partial charge in [0.05, 0.1) is 52.5 Å². The maximum atomic E-state index is 15.2. The maximum Gasteiger partial charge on any atom is 0.252 e. The fourth-order valence-electron chi connectivity index (χ4n) is 7.36. The second-order valence-electron chi connectivity index (χ2n) is 16.7. The Morgan fingerprint density at radius 2 is 1.00 bits per heavy atom. The van der Waals surface area contributed by atoms with Crippen molar-refractivity contribution < 1.29 is 18.4 Å². The lowest BCUT2D eigenvalue weighted by atomic mass is 9.99. The number of pyridine rings is 6. The molecule has 19 heteroatoms. The number of amides is 1. The topological polar surface area (TPSA) is 233 Å². The van der Waals surface area contributed by atoms with Crippen LogP contribution in [0.3, 0.4) is 0 Å². The summed E-state index contributed by atoms with van der Waals surface area (Å²) in [6.45, 7) is 7.48. The predicted octanol–water partition coefficient (Wildman–Crippen LogP) is 10.9. The lowest BCUT2D eigenvalue weighted by Gasteiger charge is -2.17. The maximum absolute atomic E-state index is 15.2. The molecule has 0 aliphatic carbocycles. The zero-order valence-electron chi connectivity index (χ0n) is 39.3. The summed E-state index contributed by atoms with van der Waals surface area (Å²) < 4.78 is 30.1. The summed E-state index contributed by atoms with van der Waals surface area (Å²) in [6.07, 6.45) is 12.7. The first kappa shape index (κ1) is 52.5. The van der Waals surface area contributed by atoms with Crippen LogP contribution in [0.1, 0.15) is 48.4 Å². The molecule has 8 aromatic heterocycles. The third-order valence-corrected chi connectivity index (χ3v) is 11.9. The molecule has 0 aliphatic rings. The van der Waals surface area contributed by atoms with Gasteiger partial charge in [-0.1, -0.05) is 24.3 Å². The van der Waals surface area contributed by atoms with Crippen LogP contribution in [0.25, 0.3) is 88.6 Å². The van der Waals surface area contributed by atoms with Crippen molar-refractivity contribution >= 4 is 89.8 Å². The van der Waals surface area contributed by atoms with Crippen LogP contribution in [-0.4, -0.2) is 80.5 Å². The van der Waals surface area contributed by atoms with E-state index in [0.717, 1.165) is 44.3 Å². The lowest BCUT2D eigenvalue weighted by molar-refractivity contribution is 0.0935. The number of H-pyrrole nitrogens is 2. The summed E-state index contributed by atoms with van der Waals surface area (Å²) in [5.74, 6) is -1.13. The van der Waals surface area contributed by atoms with Crippen LogP contribution in [0.2, 0.25) is 0 Å². The summed E-state index contributed by atoms with van der Waals surface area (Å²) in [7, 11) is 0. The molecule has 0 fully saturated rings. The monoisotopic (exact) mass is 1030 g/mol. The van der Waals surface area contributed by atoms with Gasteiger partial charge < -0.3 is 32.5 Å². The Hall–Kier alpha value is -7.31. The molecule has 10 aromatic rings. The molecule has 0 spiro atoms. The van der Waals surface area contributed by atoms with E-state index in [9.17, 15) is 14.0 Å². The first-order valence-electron chi connectivity index (χ1n) is 22.4. The number of nitrogens with two attached hydrogens (primary N) is 3. The van der Waals surface area contributed by atoms with Crippen LogP contribution < -0.4 is 22.5 Å². The highest BCUT2D eigenvalue weighted by Gasteiger charge is 2.20. The van der Waals surface area contributed by atoms with Crippen LogP contribution in [0, 0.1) is 11.6 Å². The van der Waals surface area contributed by atoms with Crippen LogP contribution in [0.4, 0.5) is 8.78 Å². The van der Waals surface area contributed by atoms with E-state index in [1.807, 2.05) is 64.1 Å². The molecule has 4 atom stereocenters. The molecule has 1 amide bonds. The van der Waals surface area contributed by atoms with E-state index in [0.29, 0.717) is 55.4 Å². The zero-order chi connectivity index (χ0) is 51.6. The zero-order valence-corrected chi connectivity index (χ0v) is 41.6. The number of fused-ring (bicyclic) bond motifs is 6. The number of nitrogens with zero attached hydrogens (tertiary/aromatic N) is 6. The van der Waals surface area contributed by atoms with Gasteiger partial charge in [0.25, 0.3) is 11.1 Å². The summed E-state index contributed by atoms with van der Waals surface area (Å²) in [4.78, 5) is 56.0. The van der Waals surface area contributed by atoms with Gasteiger partial charge in [-0.3, -0.25) is 29.5 Å². The number of halogens is 5. The highest BCUT2D eigenvalue weighted by molar-refractivity contribution is 6.67. The molecule has 14 nitrogen and oxygen atoms in total. The molecule has 0 bridgehead atoms. The molecule has 2 aromatic carbocycles. The molecule has 9 N–H and O–H groups in total. The largest absolute Gasteiger partial charge is 0.348 e. The third-order valence-electron chi connectivity index (χ3n) is 11.6. The SMILES string of the molecule is CC(N)C(C)NC(=O)c1ccc(-c2c(F)cnc3[nH]c4cnc(-c5cccnc5)cc4c23)cc1.C[C@@H](N)[C@@H](C)N.ClCCl.O=C(Cl)c1ccc(-c2c(F)cnc3[nH]c4cnc(-c5cccnc5)cc4c23)cc1. The minimum Gasteiger partial charge on any atom is -0.348 e. The number of nitrogens with one attached hydrogen (secondary N) is 3. The van der Waals surface area contributed by atoms with Gasteiger partial charge in [-0.25, -0.2) is 18.7 Å². The minimum absolute atomic E-state index is 0.130. The van der Waals surface area contributed by atoms with Gasteiger partial charge in [0.2, 0.25) is 0 Å². The second kappa shape index (κ2) is 23.7. The number of carbonyl (C=O) groups is 2. The normalized spacial score (nSPS) is 12.7. The van der Waals surface area contributed by atoms with Crippen LogP contribution in [0.15, 0.2) is 135 Å². The minimum atomic E-state index is -0.559. The van der Waals surface area contributed by atoms with Crippen LogP contribution in [0.5, 0.6) is 0 Å². The van der Waals surface area contributed by atoms with E-state index in [2.05, 4.69) is 45.2 Å².